The molecule has 0 aromatic heterocycles. The molecular formula is C14H19. The van der Waals surface area contributed by atoms with Gasteiger partial charge >= 0.3 is 0 Å². The van der Waals surface area contributed by atoms with E-state index in [0.29, 0.717) is 0 Å². The lowest BCUT2D eigenvalue weighted by Crippen LogP contribution is -1.73. The fourth-order valence-corrected chi connectivity index (χ4v) is 1.31. The van der Waals surface area contributed by atoms with Crippen molar-refractivity contribution >= 4 is 0 Å². The summed E-state index contributed by atoms with van der Waals surface area (Å²) in [5, 5.41) is 0. The van der Waals surface area contributed by atoms with Crippen LogP contribution in [0.25, 0.3) is 0 Å². The molecular weight excluding hydrogens is 168 g/mol. The summed E-state index contributed by atoms with van der Waals surface area (Å²) < 4.78 is 0. The minimum atomic E-state index is 1.04. The average molecular weight is 187 g/mol. The summed E-state index contributed by atoms with van der Waals surface area (Å²) in [6.45, 7) is 0. The largest absolute Gasteiger partial charge is 0.0882 e. The molecule has 0 nitrogen and oxygen atoms in total. The molecule has 0 heteroatoms. The zero-order chi connectivity index (χ0) is 9.90. The van der Waals surface area contributed by atoms with Crippen molar-refractivity contribution in [3.63, 3.8) is 0 Å². The topological polar surface area (TPSA) is 0 Å². The van der Waals surface area contributed by atoms with Gasteiger partial charge in [0.25, 0.3) is 0 Å². The molecule has 0 aromatic rings. The fraction of sp³-hybridized carbons (Fsp3) is 0.357. The van der Waals surface area contributed by atoms with Crippen LogP contribution in [-0.2, 0) is 0 Å². The van der Waals surface area contributed by atoms with Gasteiger partial charge in [-0.2, -0.15) is 0 Å². The molecule has 0 unspecified atom stereocenters. The molecule has 0 amide bonds. The van der Waals surface area contributed by atoms with E-state index in [4.69, 9.17) is 0 Å². The maximum Gasteiger partial charge on any atom is -0.0166 e. The lowest BCUT2D eigenvalue weighted by atomic mass is 10.1. The molecule has 0 saturated heterocycles. The molecule has 0 bridgehead atoms. The van der Waals surface area contributed by atoms with E-state index in [1.54, 1.807) is 0 Å². The molecule has 0 aromatic carbocycles. The van der Waals surface area contributed by atoms with Crippen LogP contribution in [-0.4, -0.2) is 0 Å². The second-order valence-electron chi connectivity index (χ2n) is 3.39. The van der Waals surface area contributed by atoms with Crippen molar-refractivity contribution in [3.8, 4) is 0 Å². The molecule has 0 heterocycles. The summed E-state index contributed by atoms with van der Waals surface area (Å²) in [5.74, 6) is 0. The second-order valence-corrected chi connectivity index (χ2v) is 3.39. The quantitative estimate of drug-likeness (QED) is 0.494. The Morgan fingerprint density at radius 3 is 2.29 bits per heavy atom. The van der Waals surface area contributed by atoms with Gasteiger partial charge in [-0.3, -0.25) is 0 Å². The van der Waals surface area contributed by atoms with Gasteiger partial charge in [0, 0.05) is 0 Å². The second kappa shape index (κ2) is 8.55. The first-order chi connectivity index (χ1) is 7.00. The molecule has 0 fully saturated rings. The predicted octanol–water partition coefficient (Wildman–Crippen LogP) is 4.38. The predicted molar refractivity (Wildman–Crippen MR) is 63.9 cm³/mol. The van der Waals surface area contributed by atoms with Gasteiger partial charge in [0.2, 0.25) is 0 Å². The summed E-state index contributed by atoms with van der Waals surface area (Å²) in [5.41, 5.74) is 0. The first kappa shape index (κ1) is 11.0. The third kappa shape index (κ3) is 6.47. The van der Waals surface area contributed by atoms with E-state index in [0.717, 1.165) is 12.8 Å². The van der Waals surface area contributed by atoms with E-state index in [-0.39, 0.29) is 0 Å². The normalized spacial score (nSPS) is 28.6. The third-order valence-corrected chi connectivity index (χ3v) is 2.11. The highest BCUT2D eigenvalue weighted by atomic mass is 13.9. The first-order valence-electron chi connectivity index (χ1n) is 5.45. The van der Waals surface area contributed by atoms with Crippen molar-refractivity contribution in [1.29, 1.82) is 0 Å². The zero-order valence-electron chi connectivity index (χ0n) is 8.73. The van der Waals surface area contributed by atoms with Crippen LogP contribution >= 0.6 is 0 Å². The monoisotopic (exact) mass is 187 g/mol. The van der Waals surface area contributed by atoms with E-state index >= 15 is 0 Å². The van der Waals surface area contributed by atoms with Crippen molar-refractivity contribution in [3.05, 3.63) is 55.0 Å². The van der Waals surface area contributed by atoms with Gasteiger partial charge in [0.05, 0.1) is 0 Å². The van der Waals surface area contributed by atoms with Crippen LogP contribution < -0.4 is 0 Å². The summed E-state index contributed by atoms with van der Waals surface area (Å²) >= 11 is 0. The van der Waals surface area contributed by atoms with E-state index in [1.165, 1.54) is 19.3 Å². The lowest BCUT2D eigenvalue weighted by molar-refractivity contribution is 0.841. The lowest BCUT2D eigenvalue weighted by Gasteiger charge is -1.92. The minimum Gasteiger partial charge on any atom is -0.0882 e. The molecule has 1 rings (SSSR count). The number of hydrogen-bond acceptors (Lipinski definition) is 0. The summed E-state index contributed by atoms with van der Waals surface area (Å²) in [7, 11) is 0. The average Bonchev–Trinajstić information content (AvgIpc) is 2.22. The van der Waals surface area contributed by atoms with Crippen molar-refractivity contribution in [2.24, 2.45) is 0 Å². The van der Waals surface area contributed by atoms with Crippen LogP contribution in [0.4, 0.5) is 0 Å². The maximum atomic E-state index is 2.28. The maximum absolute atomic E-state index is 2.28. The van der Waals surface area contributed by atoms with E-state index < -0.39 is 0 Å². The zero-order valence-corrected chi connectivity index (χ0v) is 8.73. The van der Waals surface area contributed by atoms with Gasteiger partial charge in [0.15, 0.2) is 0 Å². The molecule has 0 N–H and O–H groups in total. The van der Waals surface area contributed by atoms with E-state index in [9.17, 15) is 0 Å². The molecule has 0 spiro atoms. The van der Waals surface area contributed by atoms with Crippen LogP contribution in [0.15, 0.2) is 48.6 Å². The smallest absolute Gasteiger partial charge is 0.0166 e. The molecule has 75 valence electrons. The van der Waals surface area contributed by atoms with Gasteiger partial charge in [-0.05, 0) is 38.5 Å². The summed E-state index contributed by atoms with van der Waals surface area (Å²) in [6, 6.07) is 0. The number of allylic oxidation sites excluding steroid dienone is 8. The van der Waals surface area contributed by atoms with E-state index in [1.807, 2.05) is 0 Å². The van der Waals surface area contributed by atoms with Crippen molar-refractivity contribution in [1.82, 2.24) is 0 Å². The molecule has 0 aliphatic heterocycles. The Morgan fingerprint density at radius 2 is 1.36 bits per heavy atom. The molecule has 1 radical (unpaired) electrons. The summed E-state index contributed by atoms with van der Waals surface area (Å²) in [6.07, 6.45) is 25.5. The third-order valence-electron chi connectivity index (χ3n) is 2.11. The van der Waals surface area contributed by atoms with Crippen molar-refractivity contribution < 1.29 is 0 Å². The first-order valence-corrected chi connectivity index (χ1v) is 5.45. The van der Waals surface area contributed by atoms with Crippen molar-refractivity contribution in [2.45, 2.75) is 32.1 Å². The molecule has 1 aliphatic rings. The van der Waals surface area contributed by atoms with Crippen LogP contribution in [0.2, 0.25) is 0 Å². The Bertz CT molecular complexity index is 228. The van der Waals surface area contributed by atoms with Crippen molar-refractivity contribution in [2.75, 3.05) is 0 Å². The van der Waals surface area contributed by atoms with Crippen LogP contribution in [0, 0.1) is 6.42 Å². The standard InChI is InChI=1S/C14H19/c1-2-4-6-8-10-12-14-13-11-9-7-5-3-1/h1-5,8,10,13-14H,6-7,9,11-12H2/b3-1+,4-2-,10-8-,14-13-. The van der Waals surface area contributed by atoms with Crippen LogP contribution in [0.5, 0.6) is 0 Å². The number of rotatable bonds is 0. The minimum absolute atomic E-state index is 1.04. The SMILES string of the molecule is [CH]1/C=C/C=C\C/C=C\C/C=C\CCC1. The highest BCUT2D eigenvalue weighted by Crippen LogP contribution is 2.02. The Kier molecular flexibility index (Phi) is 6.74. The van der Waals surface area contributed by atoms with Crippen LogP contribution in [0.3, 0.4) is 0 Å². The number of hydrogen-bond donors (Lipinski definition) is 0. The molecule has 1 aliphatic carbocycles. The highest BCUT2D eigenvalue weighted by molar-refractivity contribution is 5.09. The van der Waals surface area contributed by atoms with Gasteiger partial charge in [-0.25, -0.2) is 0 Å². The van der Waals surface area contributed by atoms with Crippen LogP contribution in [0.1, 0.15) is 32.1 Å². The molecule has 14 heavy (non-hydrogen) atoms. The van der Waals surface area contributed by atoms with Gasteiger partial charge in [-0.1, -0.05) is 48.6 Å². The van der Waals surface area contributed by atoms with Gasteiger partial charge in [-0.15, -0.1) is 0 Å². The Morgan fingerprint density at radius 1 is 0.571 bits per heavy atom. The fourth-order valence-electron chi connectivity index (χ4n) is 1.31. The Labute approximate surface area is 87.7 Å². The van der Waals surface area contributed by atoms with Gasteiger partial charge in [0.1, 0.15) is 0 Å². The van der Waals surface area contributed by atoms with Gasteiger partial charge < -0.3 is 0 Å². The van der Waals surface area contributed by atoms with E-state index in [2.05, 4.69) is 55.0 Å². The Hall–Kier alpha value is -1.04. The molecule has 0 saturated carbocycles. The molecule has 0 atom stereocenters. The highest BCUT2D eigenvalue weighted by Gasteiger charge is 1.83. The Balaban J connectivity index is 2.35. The summed E-state index contributed by atoms with van der Waals surface area (Å²) in [4.78, 5) is 0.